The van der Waals surface area contributed by atoms with Gasteiger partial charge < -0.3 is 0 Å². The molecule has 0 saturated carbocycles. The van der Waals surface area contributed by atoms with Crippen LogP contribution in [0.2, 0.25) is 0 Å². The van der Waals surface area contributed by atoms with Crippen LogP contribution in [0.15, 0.2) is 84.0 Å². The molecule has 2 heteroatoms. The lowest BCUT2D eigenvalue weighted by Crippen LogP contribution is -2.16. The number of hydrogen-bond donors (Lipinski definition) is 0. The first-order chi connectivity index (χ1) is 15.1. The van der Waals surface area contributed by atoms with Gasteiger partial charge in [-0.2, -0.15) is 5.26 Å². The minimum atomic E-state index is -0.287. The third-order valence-corrected chi connectivity index (χ3v) is 5.41. The molecule has 0 N–H and O–H groups in total. The van der Waals surface area contributed by atoms with E-state index in [4.69, 9.17) is 0 Å². The Bertz CT molecular complexity index is 887. The van der Waals surface area contributed by atoms with Gasteiger partial charge >= 0.3 is 0 Å². The predicted molar refractivity (Wildman–Crippen MR) is 132 cm³/mol. The van der Waals surface area contributed by atoms with Crippen LogP contribution in [0.3, 0.4) is 0 Å². The summed E-state index contributed by atoms with van der Waals surface area (Å²) in [5.74, 6) is -0.130. The molecule has 2 unspecified atom stereocenters. The third-order valence-electron chi connectivity index (χ3n) is 5.41. The molecule has 3 rings (SSSR count). The molecule has 0 aromatic heterocycles. The highest BCUT2D eigenvalue weighted by atomic mass is 16.1. The molecule has 0 amide bonds. The van der Waals surface area contributed by atoms with Gasteiger partial charge in [-0.1, -0.05) is 101 Å². The topological polar surface area (TPSA) is 40.9 Å². The molecule has 0 bridgehead atoms. The van der Waals surface area contributed by atoms with Crippen molar-refractivity contribution in [2.75, 3.05) is 0 Å². The van der Waals surface area contributed by atoms with E-state index in [1.807, 2.05) is 83.1 Å². The minimum Gasteiger partial charge on any atom is -0.294 e. The summed E-state index contributed by atoms with van der Waals surface area (Å²) in [6, 6.07) is 22.5. The van der Waals surface area contributed by atoms with Crippen LogP contribution in [0, 0.1) is 11.3 Å². The summed E-state index contributed by atoms with van der Waals surface area (Å²) in [6.07, 6.45) is 3.09. The number of carbonyl (C=O) groups excluding carboxylic acids is 1. The zero-order valence-corrected chi connectivity index (χ0v) is 19.8. The smallest absolute Gasteiger partial charge is 0.163 e. The van der Waals surface area contributed by atoms with E-state index in [1.54, 1.807) is 0 Å². The summed E-state index contributed by atoms with van der Waals surface area (Å²) in [6.45, 7) is 14.3. The molecular formula is C29H37NO. The Labute approximate surface area is 189 Å². The van der Waals surface area contributed by atoms with Gasteiger partial charge in [-0.25, -0.2) is 0 Å². The van der Waals surface area contributed by atoms with Crippen LogP contribution in [-0.2, 0) is 4.79 Å². The van der Waals surface area contributed by atoms with Crippen LogP contribution in [0.5, 0.6) is 0 Å². The van der Waals surface area contributed by atoms with Gasteiger partial charge in [0.05, 0.1) is 12.0 Å². The van der Waals surface area contributed by atoms with Crippen molar-refractivity contribution in [3.63, 3.8) is 0 Å². The fourth-order valence-corrected chi connectivity index (χ4v) is 4.05. The third kappa shape index (κ3) is 7.07. The van der Waals surface area contributed by atoms with Crippen molar-refractivity contribution in [1.82, 2.24) is 0 Å². The van der Waals surface area contributed by atoms with Crippen LogP contribution in [0.4, 0.5) is 0 Å². The molecule has 0 aliphatic heterocycles. The van der Waals surface area contributed by atoms with Crippen LogP contribution in [0.1, 0.15) is 83.3 Å². The summed E-state index contributed by atoms with van der Waals surface area (Å²) in [5.41, 5.74) is 4.92. The van der Waals surface area contributed by atoms with Crippen molar-refractivity contribution in [3.8, 4) is 6.07 Å². The van der Waals surface area contributed by atoms with E-state index < -0.39 is 0 Å². The van der Waals surface area contributed by atoms with Gasteiger partial charge in [0.2, 0.25) is 0 Å². The predicted octanol–water partition coefficient (Wildman–Crippen LogP) is 8.15. The number of nitrogens with zero attached hydrogens (tertiary/aromatic N) is 1. The Morgan fingerprint density at radius 1 is 0.935 bits per heavy atom. The highest BCUT2D eigenvalue weighted by Gasteiger charge is 2.28. The van der Waals surface area contributed by atoms with E-state index >= 15 is 0 Å². The quantitative estimate of drug-likeness (QED) is 0.477. The zero-order chi connectivity index (χ0) is 23.2. The second-order valence-corrected chi connectivity index (χ2v) is 7.27. The van der Waals surface area contributed by atoms with Gasteiger partial charge in [0, 0.05) is 17.9 Å². The van der Waals surface area contributed by atoms with Crippen molar-refractivity contribution < 1.29 is 4.79 Å². The van der Waals surface area contributed by atoms with Crippen LogP contribution in [0.25, 0.3) is 0 Å². The van der Waals surface area contributed by atoms with E-state index in [9.17, 15) is 10.1 Å². The summed E-state index contributed by atoms with van der Waals surface area (Å²) < 4.78 is 0. The van der Waals surface area contributed by atoms with E-state index in [0.717, 1.165) is 40.7 Å². The first-order valence-corrected chi connectivity index (χ1v) is 11.5. The maximum absolute atomic E-state index is 12.5. The molecule has 1 aliphatic rings. The SMILES string of the molecule is C=C(CC(c1ccccc1)C(C#N)c1ccccc1)C1=C(C)CCCC1=O.CC.CC. The lowest BCUT2D eigenvalue weighted by atomic mass is 9.76. The van der Waals surface area contributed by atoms with Crippen molar-refractivity contribution >= 4 is 5.78 Å². The Balaban J connectivity index is 0.00000113. The maximum Gasteiger partial charge on any atom is 0.163 e. The molecular weight excluding hydrogens is 378 g/mol. The standard InChI is InChI=1S/C25H25NO.2C2H6/c1-18-10-9-15-24(27)25(18)19(2)16-22(20-11-5-3-6-12-20)23(17-26)21-13-7-4-8-14-21;2*1-2/h3-8,11-14,22-23H,2,9-10,15-16H2,1H3;2*1-2H3. The number of rotatable bonds is 6. The lowest BCUT2D eigenvalue weighted by molar-refractivity contribution is -0.115. The molecule has 0 spiro atoms. The Kier molecular flexibility index (Phi) is 11.9. The number of ketones is 1. The number of hydrogen-bond acceptors (Lipinski definition) is 2. The summed E-state index contributed by atoms with van der Waals surface area (Å²) in [4.78, 5) is 12.5. The van der Waals surface area contributed by atoms with Crippen LogP contribution < -0.4 is 0 Å². The van der Waals surface area contributed by atoms with Gasteiger partial charge in [0.25, 0.3) is 0 Å². The lowest BCUT2D eigenvalue weighted by Gasteiger charge is -2.26. The van der Waals surface area contributed by atoms with Gasteiger partial charge in [0.1, 0.15) is 0 Å². The molecule has 2 atom stereocenters. The average Bonchev–Trinajstić information content (AvgIpc) is 2.83. The molecule has 31 heavy (non-hydrogen) atoms. The highest BCUT2D eigenvalue weighted by Crippen LogP contribution is 2.40. The van der Waals surface area contributed by atoms with Gasteiger partial charge in [-0.05, 0) is 42.9 Å². The summed E-state index contributed by atoms with van der Waals surface area (Å²) >= 11 is 0. The molecule has 1 aliphatic carbocycles. The van der Waals surface area contributed by atoms with Crippen LogP contribution in [-0.4, -0.2) is 5.78 Å². The first-order valence-electron chi connectivity index (χ1n) is 11.5. The second kappa shape index (κ2) is 14.1. The van der Waals surface area contributed by atoms with Gasteiger partial charge in [-0.3, -0.25) is 4.79 Å². The number of benzene rings is 2. The molecule has 2 aromatic rings. The van der Waals surface area contributed by atoms with Crippen LogP contribution >= 0.6 is 0 Å². The van der Waals surface area contributed by atoms with E-state index in [-0.39, 0.29) is 17.6 Å². The fraction of sp³-hybridized carbons (Fsp3) is 0.379. The Morgan fingerprint density at radius 2 is 1.45 bits per heavy atom. The molecule has 0 fully saturated rings. The molecule has 0 heterocycles. The van der Waals surface area contributed by atoms with Crippen molar-refractivity contribution in [3.05, 3.63) is 95.1 Å². The van der Waals surface area contributed by atoms with Crippen molar-refractivity contribution in [1.29, 1.82) is 5.26 Å². The molecule has 164 valence electrons. The second-order valence-electron chi connectivity index (χ2n) is 7.27. The maximum atomic E-state index is 12.5. The van der Waals surface area contributed by atoms with Crippen molar-refractivity contribution in [2.45, 2.75) is 72.1 Å². The largest absolute Gasteiger partial charge is 0.294 e. The zero-order valence-electron chi connectivity index (χ0n) is 19.8. The normalized spacial score (nSPS) is 14.8. The number of Topliss-reactive ketones (excluding diaryl/α,β-unsaturated/α-hetero) is 1. The molecule has 2 nitrogen and oxygen atoms in total. The van der Waals surface area contributed by atoms with E-state index in [0.29, 0.717) is 12.8 Å². The van der Waals surface area contributed by atoms with Gasteiger partial charge in [-0.15, -0.1) is 0 Å². The minimum absolute atomic E-state index is 0.0406. The fourth-order valence-electron chi connectivity index (χ4n) is 4.05. The average molecular weight is 416 g/mol. The van der Waals surface area contributed by atoms with E-state index in [2.05, 4.69) is 24.8 Å². The molecule has 0 saturated heterocycles. The number of carbonyl (C=O) groups is 1. The summed E-state index contributed by atoms with van der Waals surface area (Å²) in [7, 11) is 0. The molecule has 2 aromatic carbocycles. The monoisotopic (exact) mass is 415 g/mol. The van der Waals surface area contributed by atoms with Gasteiger partial charge in [0.15, 0.2) is 5.78 Å². The summed E-state index contributed by atoms with van der Waals surface area (Å²) in [5, 5.41) is 9.98. The number of nitriles is 1. The first kappa shape index (κ1) is 26.1. The Hall–Kier alpha value is -2.92. The Morgan fingerprint density at radius 3 is 1.94 bits per heavy atom. The molecule has 0 radical (unpaired) electrons. The van der Waals surface area contributed by atoms with Crippen molar-refractivity contribution in [2.24, 2.45) is 0 Å². The van der Waals surface area contributed by atoms with E-state index in [1.165, 1.54) is 0 Å². The number of allylic oxidation sites excluding steroid dienone is 3. The highest BCUT2D eigenvalue weighted by molar-refractivity contribution is 6.00.